The van der Waals surface area contributed by atoms with Gasteiger partial charge in [0, 0.05) is 12.6 Å². The number of hydrogen-bond donors (Lipinski definition) is 1. The van der Waals surface area contributed by atoms with Gasteiger partial charge in [-0.25, -0.2) is 13.4 Å². The topological polar surface area (TPSA) is 68.3 Å². The summed E-state index contributed by atoms with van der Waals surface area (Å²) in [5.41, 5.74) is 0.785. The monoisotopic (exact) mass is 286 g/mol. The van der Waals surface area contributed by atoms with E-state index in [-0.39, 0.29) is 5.75 Å². The molecule has 1 rings (SSSR count). The average molecular weight is 286 g/mol. The molecule has 0 fully saturated rings. The number of hydrogen-bond acceptors (Lipinski definition) is 5. The first kappa shape index (κ1) is 15.8. The van der Waals surface area contributed by atoms with Crippen LogP contribution < -0.4 is 10.1 Å². The molecule has 6 heteroatoms. The molecular weight excluding hydrogens is 264 g/mol. The third kappa shape index (κ3) is 4.70. The van der Waals surface area contributed by atoms with Gasteiger partial charge in [0.1, 0.15) is 0 Å². The molecule has 0 aromatic carbocycles. The highest BCUT2D eigenvalue weighted by Crippen LogP contribution is 2.16. The molecule has 1 aromatic heterocycles. The van der Waals surface area contributed by atoms with Gasteiger partial charge in [-0.2, -0.15) is 0 Å². The Bertz CT molecular complexity index is 490. The van der Waals surface area contributed by atoms with E-state index in [9.17, 15) is 8.42 Å². The first-order chi connectivity index (χ1) is 8.76. The molecule has 0 spiro atoms. The quantitative estimate of drug-likeness (QED) is 0.867. The maximum absolute atomic E-state index is 11.9. The molecule has 0 aliphatic rings. The Morgan fingerprint density at radius 3 is 2.47 bits per heavy atom. The van der Waals surface area contributed by atoms with E-state index in [0.717, 1.165) is 5.69 Å². The Morgan fingerprint density at radius 1 is 1.32 bits per heavy atom. The third-order valence-corrected chi connectivity index (χ3v) is 5.27. The van der Waals surface area contributed by atoms with E-state index in [1.165, 1.54) is 0 Å². The Hall–Kier alpha value is -1.30. The first-order valence-corrected chi connectivity index (χ1v) is 7.96. The lowest BCUT2D eigenvalue weighted by molar-refractivity contribution is 0.327. The Morgan fingerprint density at radius 2 is 2.00 bits per heavy atom. The van der Waals surface area contributed by atoms with Crippen molar-refractivity contribution in [3.8, 4) is 5.88 Å². The van der Waals surface area contributed by atoms with Crippen LogP contribution in [0.5, 0.6) is 5.88 Å². The predicted octanol–water partition coefficient (Wildman–Crippen LogP) is 2.11. The van der Waals surface area contributed by atoms with Crippen LogP contribution in [-0.4, -0.2) is 37.1 Å². The molecule has 5 nitrogen and oxygen atoms in total. The molecule has 0 saturated carbocycles. The zero-order chi connectivity index (χ0) is 14.5. The van der Waals surface area contributed by atoms with Crippen molar-refractivity contribution in [1.29, 1.82) is 0 Å². The number of sulfone groups is 1. The summed E-state index contributed by atoms with van der Waals surface area (Å²) in [4.78, 5) is 4.10. The van der Waals surface area contributed by atoms with Gasteiger partial charge in [0.15, 0.2) is 9.84 Å². The molecule has 1 heterocycles. The fraction of sp³-hybridized carbons (Fsp3) is 0.615. The van der Waals surface area contributed by atoms with Crippen LogP contribution in [0.3, 0.4) is 0 Å². The Kier molecular flexibility index (Phi) is 5.17. The first-order valence-electron chi connectivity index (χ1n) is 6.31. The van der Waals surface area contributed by atoms with Crippen molar-refractivity contribution < 1.29 is 13.2 Å². The van der Waals surface area contributed by atoms with E-state index < -0.39 is 14.6 Å². The van der Waals surface area contributed by atoms with Crippen LogP contribution >= 0.6 is 0 Å². The number of anilines is 1. The maximum atomic E-state index is 11.9. The van der Waals surface area contributed by atoms with E-state index in [0.29, 0.717) is 19.0 Å². The second-order valence-corrected chi connectivity index (χ2v) is 8.04. The largest absolute Gasteiger partial charge is 0.478 e. The smallest absolute Gasteiger partial charge is 0.213 e. The molecule has 0 saturated heterocycles. The van der Waals surface area contributed by atoms with Crippen LogP contribution in [0.25, 0.3) is 0 Å². The SMILES string of the molecule is CCOc1ccc(NCCS(=O)(=O)C(C)(C)C)cn1. The highest BCUT2D eigenvalue weighted by atomic mass is 32.2. The molecule has 1 N–H and O–H groups in total. The van der Waals surface area contributed by atoms with E-state index in [1.54, 1.807) is 33.0 Å². The summed E-state index contributed by atoms with van der Waals surface area (Å²) in [6.45, 7) is 7.96. The fourth-order valence-corrected chi connectivity index (χ4v) is 2.34. The highest BCUT2D eigenvalue weighted by molar-refractivity contribution is 7.92. The normalized spacial score (nSPS) is 12.2. The number of nitrogens with zero attached hydrogens (tertiary/aromatic N) is 1. The van der Waals surface area contributed by atoms with Gasteiger partial charge in [-0.3, -0.25) is 0 Å². The van der Waals surface area contributed by atoms with Crippen molar-refractivity contribution in [3.63, 3.8) is 0 Å². The Balaban J connectivity index is 2.50. The van der Waals surface area contributed by atoms with Gasteiger partial charge in [-0.1, -0.05) is 0 Å². The summed E-state index contributed by atoms with van der Waals surface area (Å²) >= 11 is 0. The van der Waals surface area contributed by atoms with E-state index >= 15 is 0 Å². The van der Waals surface area contributed by atoms with Crippen LogP contribution in [0.2, 0.25) is 0 Å². The van der Waals surface area contributed by atoms with Gasteiger partial charge in [0.2, 0.25) is 5.88 Å². The summed E-state index contributed by atoms with van der Waals surface area (Å²) in [5, 5.41) is 3.04. The number of nitrogens with one attached hydrogen (secondary N) is 1. The standard InChI is InChI=1S/C13H22N2O3S/c1-5-18-12-7-6-11(10-15-12)14-8-9-19(16,17)13(2,3)4/h6-7,10,14H,5,8-9H2,1-4H3. The van der Waals surface area contributed by atoms with Crippen molar-refractivity contribution in [2.45, 2.75) is 32.4 Å². The fourth-order valence-electron chi connectivity index (χ4n) is 1.35. The van der Waals surface area contributed by atoms with Gasteiger partial charge < -0.3 is 10.1 Å². The summed E-state index contributed by atoms with van der Waals surface area (Å²) in [6.07, 6.45) is 1.63. The number of pyridine rings is 1. The highest BCUT2D eigenvalue weighted by Gasteiger charge is 2.28. The zero-order valence-corrected chi connectivity index (χ0v) is 12.8. The second-order valence-electron chi connectivity index (χ2n) is 5.18. The molecule has 0 amide bonds. The second kappa shape index (κ2) is 6.23. The third-order valence-electron chi connectivity index (χ3n) is 2.66. The van der Waals surface area contributed by atoms with Gasteiger partial charge in [-0.05, 0) is 33.8 Å². The average Bonchev–Trinajstić information content (AvgIpc) is 2.30. The van der Waals surface area contributed by atoms with Crippen molar-refractivity contribution in [2.24, 2.45) is 0 Å². The van der Waals surface area contributed by atoms with Crippen molar-refractivity contribution in [1.82, 2.24) is 4.98 Å². The molecular formula is C13H22N2O3S. The number of rotatable bonds is 6. The van der Waals surface area contributed by atoms with Crippen LogP contribution in [0.1, 0.15) is 27.7 Å². The summed E-state index contributed by atoms with van der Waals surface area (Å²) in [7, 11) is -3.09. The van der Waals surface area contributed by atoms with Crippen molar-refractivity contribution >= 4 is 15.5 Å². The predicted molar refractivity (Wildman–Crippen MR) is 77.4 cm³/mol. The molecule has 1 aromatic rings. The lowest BCUT2D eigenvalue weighted by Crippen LogP contribution is -2.32. The van der Waals surface area contributed by atoms with Crippen LogP contribution in [-0.2, 0) is 9.84 Å². The molecule has 0 aliphatic heterocycles. The van der Waals surface area contributed by atoms with Crippen LogP contribution in [0.15, 0.2) is 18.3 Å². The molecule has 0 radical (unpaired) electrons. The molecule has 108 valence electrons. The molecule has 0 unspecified atom stereocenters. The van der Waals surface area contributed by atoms with Crippen LogP contribution in [0, 0.1) is 0 Å². The lowest BCUT2D eigenvalue weighted by Gasteiger charge is -2.19. The molecule has 0 atom stereocenters. The zero-order valence-electron chi connectivity index (χ0n) is 11.9. The Labute approximate surface area is 115 Å². The maximum Gasteiger partial charge on any atom is 0.213 e. The number of ether oxygens (including phenoxy) is 1. The van der Waals surface area contributed by atoms with E-state index in [4.69, 9.17) is 4.74 Å². The summed E-state index contributed by atoms with van der Waals surface area (Å²) < 4.78 is 28.3. The lowest BCUT2D eigenvalue weighted by atomic mass is 10.3. The van der Waals surface area contributed by atoms with Gasteiger partial charge in [0.05, 0.1) is 29.0 Å². The number of aromatic nitrogens is 1. The van der Waals surface area contributed by atoms with E-state index in [2.05, 4.69) is 10.3 Å². The minimum absolute atomic E-state index is 0.101. The summed E-state index contributed by atoms with van der Waals surface area (Å²) in [5.74, 6) is 0.666. The van der Waals surface area contributed by atoms with E-state index in [1.807, 2.05) is 13.0 Å². The van der Waals surface area contributed by atoms with Gasteiger partial charge >= 0.3 is 0 Å². The van der Waals surface area contributed by atoms with Crippen molar-refractivity contribution in [2.75, 3.05) is 24.2 Å². The minimum atomic E-state index is -3.09. The molecule has 0 bridgehead atoms. The summed E-state index contributed by atoms with van der Waals surface area (Å²) in [6, 6.07) is 3.58. The molecule has 0 aliphatic carbocycles. The van der Waals surface area contributed by atoms with Crippen molar-refractivity contribution in [3.05, 3.63) is 18.3 Å². The molecule has 19 heavy (non-hydrogen) atoms. The van der Waals surface area contributed by atoms with Gasteiger partial charge in [-0.15, -0.1) is 0 Å². The minimum Gasteiger partial charge on any atom is -0.478 e. The van der Waals surface area contributed by atoms with Gasteiger partial charge in [0.25, 0.3) is 0 Å². The van der Waals surface area contributed by atoms with Crippen LogP contribution in [0.4, 0.5) is 5.69 Å².